The highest BCUT2D eigenvalue weighted by Gasteiger charge is 2.19. The Hall–Kier alpha value is -0.720. The van der Waals surface area contributed by atoms with Crippen LogP contribution < -0.4 is 5.73 Å². The fourth-order valence-corrected chi connectivity index (χ4v) is 2.00. The van der Waals surface area contributed by atoms with Crippen LogP contribution in [0.4, 0.5) is 0 Å². The Labute approximate surface area is 109 Å². The number of piperazine rings is 1. The van der Waals surface area contributed by atoms with Gasteiger partial charge in [0.05, 0.1) is 11.5 Å². The molecule has 0 radical (unpaired) electrons. The van der Waals surface area contributed by atoms with Crippen molar-refractivity contribution in [3.8, 4) is 0 Å². The highest BCUT2D eigenvalue weighted by Crippen LogP contribution is 2.02. The lowest BCUT2D eigenvalue weighted by molar-refractivity contribution is -0.131. The molecule has 0 unspecified atom stereocenters. The van der Waals surface area contributed by atoms with Crippen molar-refractivity contribution in [2.24, 2.45) is 5.73 Å². The van der Waals surface area contributed by atoms with Crippen molar-refractivity contribution in [2.45, 2.75) is 6.92 Å². The number of amides is 1. The van der Waals surface area contributed by atoms with Gasteiger partial charge in [-0.2, -0.15) is 0 Å². The van der Waals surface area contributed by atoms with Crippen LogP contribution in [0.15, 0.2) is 0 Å². The molecule has 5 nitrogen and oxygen atoms in total. The van der Waals surface area contributed by atoms with Gasteiger partial charge in [-0.1, -0.05) is 12.2 Å². The number of thiocarbonyl (C=S) groups is 1. The van der Waals surface area contributed by atoms with E-state index in [9.17, 15) is 4.79 Å². The van der Waals surface area contributed by atoms with Crippen LogP contribution in [0.1, 0.15) is 6.92 Å². The fraction of sp³-hybridized carbons (Fsp3) is 0.818. The molecule has 1 fully saturated rings. The predicted molar refractivity (Wildman–Crippen MR) is 73.0 cm³/mol. The minimum atomic E-state index is 0.190. The summed E-state index contributed by atoms with van der Waals surface area (Å²) in [5, 5.41) is 0. The second-order valence-electron chi connectivity index (χ2n) is 4.43. The molecule has 1 saturated heterocycles. The molecule has 0 aliphatic carbocycles. The molecule has 0 bridgehead atoms. The molecule has 0 atom stereocenters. The van der Waals surface area contributed by atoms with E-state index in [1.54, 1.807) is 4.90 Å². The largest absolute Gasteiger partial charge is 0.392 e. The first-order valence-corrected chi connectivity index (χ1v) is 6.40. The molecule has 1 aliphatic rings. The minimum Gasteiger partial charge on any atom is -0.392 e. The number of carbonyl (C=O) groups is 1. The molecule has 0 saturated carbocycles. The summed E-state index contributed by atoms with van der Waals surface area (Å²) in [6.07, 6.45) is 0. The Morgan fingerprint density at radius 1 is 1.24 bits per heavy atom. The first-order valence-electron chi connectivity index (χ1n) is 6.00. The van der Waals surface area contributed by atoms with Gasteiger partial charge in [-0.25, -0.2) is 0 Å². The maximum atomic E-state index is 11.7. The van der Waals surface area contributed by atoms with Crippen molar-refractivity contribution in [3.05, 3.63) is 0 Å². The third-order valence-corrected chi connectivity index (χ3v) is 3.23. The van der Waals surface area contributed by atoms with Gasteiger partial charge < -0.3 is 10.6 Å². The van der Waals surface area contributed by atoms with Crippen LogP contribution in [0, 0.1) is 0 Å². The first-order chi connectivity index (χ1) is 8.02. The third kappa shape index (κ3) is 4.97. The van der Waals surface area contributed by atoms with Crippen molar-refractivity contribution in [3.63, 3.8) is 0 Å². The zero-order chi connectivity index (χ0) is 12.8. The van der Waals surface area contributed by atoms with E-state index in [4.69, 9.17) is 18.0 Å². The second kappa shape index (κ2) is 6.88. The second-order valence-corrected chi connectivity index (χ2v) is 4.95. The molecular weight excluding hydrogens is 236 g/mol. The highest BCUT2D eigenvalue weighted by atomic mass is 32.1. The number of likely N-dealkylation sites (N-methyl/N-ethyl adjacent to an activating group) is 1. The Morgan fingerprint density at radius 2 is 1.71 bits per heavy atom. The van der Waals surface area contributed by atoms with Crippen molar-refractivity contribution in [1.29, 1.82) is 0 Å². The molecule has 1 aliphatic heterocycles. The Bertz CT molecular complexity index is 277. The van der Waals surface area contributed by atoms with Gasteiger partial charge in [0.2, 0.25) is 5.91 Å². The van der Waals surface area contributed by atoms with E-state index in [1.165, 1.54) is 0 Å². The number of nitrogens with zero attached hydrogens (tertiary/aromatic N) is 3. The summed E-state index contributed by atoms with van der Waals surface area (Å²) in [4.78, 5) is 18.4. The zero-order valence-corrected chi connectivity index (χ0v) is 11.5. The minimum absolute atomic E-state index is 0.190. The van der Waals surface area contributed by atoms with Crippen LogP contribution >= 0.6 is 12.2 Å². The molecule has 0 aromatic rings. The number of carbonyl (C=O) groups excluding carboxylic acids is 1. The summed E-state index contributed by atoms with van der Waals surface area (Å²) < 4.78 is 0. The lowest BCUT2D eigenvalue weighted by Gasteiger charge is -2.34. The van der Waals surface area contributed by atoms with Crippen LogP contribution in [0.3, 0.4) is 0 Å². The van der Waals surface area contributed by atoms with E-state index in [0.717, 1.165) is 32.7 Å². The van der Waals surface area contributed by atoms with E-state index in [1.807, 2.05) is 14.0 Å². The van der Waals surface area contributed by atoms with Crippen LogP contribution in [-0.2, 0) is 4.79 Å². The van der Waals surface area contributed by atoms with E-state index in [2.05, 4.69) is 9.80 Å². The molecule has 2 N–H and O–H groups in total. The standard InChI is InChI=1S/C11H22N4OS/c1-3-13(2)11(16)9-15-6-4-14(5-7-15)8-10(12)17/h3-9H2,1-2H3,(H2,12,17). The topological polar surface area (TPSA) is 52.8 Å². The van der Waals surface area contributed by atoms with Crippen LogP contribution in [0.2, 0.25) is 0 Å². The molecule has 0 aromatic carbocycles. The molecule has 0 aromatic heterocycles. The summed E-state index contributed by atoms with van der Waals surface area (Å²) in [5.41, 5.74) is 5.51. The van der Waals surface area contributed by atoms with Crippen molar-refractivity contribution >= 4 is 23.1 Å². The molecule has 1 heterocycles. The fourth-order valence-electron chi connectivity index (χ4n) is 1.81. The maximum absolute atomic E-state index is 11.7. The molecule has 0 spiro atoms. The van der Waals surface area contributed by atoms with Gasteiger partial charge in [0.1, 0.15) is 0 Å². The quantitative estimate of drug-likeness (QED) is 0.665. The van der Waals surface area contributed by atoms with Gasteiger partial charge >= 0.3 is 0 Å². The van der Waals surface area contributed by atoms with Crippen molar-refractivity contribution in [2.75, 3.05) is 52.9 Å². The lowest BCUT2D eigenvalue weighted by atomic mass is 10.3. The van der Waals surface area contributed by atoms with E-state index in [0.29, 0.717) is 18.1 Å². The summed E-state index contributed by atoms with van der Waals surface area (Å²) in [6.45, 7) is 7.63. The number of nitrogens with two attached hydrogens (primary N) is 1. The number of hydrogen-bond donors (Lipinski definition) is 1. The molecule has 1 amide bonds. The zero-order valence-electron chi connectivity index (χ0n) is 10.7. The normalized spacial score (nSPS) is 18.0. The average molecular weight is 258 g/mol. The van der Waals surface area contributed by atoms with Crippen LogP contribution in [0.5, 0.6) is 0 Å². The van der Waals surface area contributed by atoms with E-state index in [-0.39, 0.29) is 5.91 Å². The SMILES string of the molecule is CCN(C)C(=O)CN1CCN(CC(N)=S)CC1. The lowest BCUT2D eigenvalue weighted by Crippen LogP contribution is -2.51. The molecule has 1 rings (SSSR count). The predicted octanol–water partition coefficient (Wildman–Crippen LogP) is -0.632. The molecular formula is C11H22N4OS. The molecule has 17 heavy (non-hydrogen) atoms. The summed E-state index contributed by atoms with van der Waals surface area (Å²) in [5.74, 6) is 0.190. The van der Waals surface area contributed by atoms with E-state index >= 15 is 0 Å². The molecule has 98 valence electrons. The highest BCUT2D eigenvalue weighted by molar-refractivity contribution is 7.80. The Morgan fingerprint density at radius 3 is 2.12 bits per heavy atom. The van der Waals surface area contributed by atoms with Crippen molar-refractivity contribution in [1.82, 2.24) is 14.7 Å². The van der Waals surface area contributed by atoms with E-state index < -0.39 is 0 Å². The first kappa shape index (κ1) is 14.3. The summed E-state index contributed by atoms with van der Waals surface area (Å²) >= 11 is 4.89. The van der Waals surface area contributed by atoms with Gasteiger partial charge in [-0.05, 0) is 6.92 Å². The van der Waals surface area contributed by atoms with Crippen LogP contribution in [-0.4, -0.2) is 78.5 Å². The number of rotatable bonds is 5. The van der Waals surface area contributed by atoms with Gasteiger partial charge in [0.25, 0.3) is 0 Å². The summed E-state index contributed by atoms with van der Waals surface area (Å²) in [6, 6.07) is 0. The van der Waals surface area contributed by atoms with Gasteiger partial charge in [0, 0.05) is 46.3 Å². The van der Waals surface area contributed by atoms with Crippen molar-refractivity contribution < 1.29 is 4.79 Å². The third-order valence-electron chi connectivity index (χ3n) is 3.10. The molecule has 6 heteroatoms. The average Bonchev–Trinajstić information content (AvgIpc) is 2.30. The smallest absolute Gasteiger partial charge is 0.236 e. The Kier molecular flexibility index (Phi) is 5.80. The van der Waals surface area contributed by atoms with Gasteiger partial charge in [0.15, 0.2) is 0 Å². The van der Waals surface area contributed by atoms with Crippen LogP contribution in [0.25, 0.3) is 0 Å². The Balaban J connectivity index is 2.27. The monoisotopic (exact) mass is 258 g/mol. The number of hydrogen-bond acceptors (Lipinski definition) is 4. The maximum Gasteiger partial charge on any atom is 0.236 e. The summed E-state index contributed by atoms with van der Waals surface area (Å²) in [7, 11) is 1.84. The van der Waals surface area contributed by atoms with Gasteiger partial charge in [-0.3, -0.25) is 14.6 Å². The van der Waals surface area contributed by atoms with Gasteiger partial charge in [-0.15, -0.1) is 0 Å².